The van der Waals surface area contributed by atoms with Gasteiger partial charge < -0.3 is 4.57 Å². The Labute approximate surface area is 342 Å². The van der Waals surface area contributed by atoms with E-state index >= 15 is 0 Å². The topological polar surface area (TPSA) is 35.6 Å². The zero-order valence-electron chi connectivity index (χ0n) is 32.8. The summed E-state index contributed by atoms with van der Waals surface area (Å²) in [6.45, 7) is 4.68. The normalized spacial score (nSPS) is 13.1. The second kappa shape index (κ2) is 12.7. The molecule has 3 aromatic heterocycles. The molecule has 0 aliphatic heterocycles. The van der Waals surface area contributed by atoms with Crippen LogP contribution in [0.15, 0.2) is 194 Å². The number of aromatic nitrogens is 4. The van der Waals surface area contributed by atoms with Gasteiger partial charge in [0, 0.05) is 44.4 Å². The molecule has 4 heteroatoms. The van der Waals surface area contributed by atoms with Gasteiger partial charge in [0.1, 0.15) is 0 Å². The summed E-state index contributed by atoms with van der Waals surface area (Å²) in [6.07, 6.45) is 1.90. The molecule has 0 amide bonds. The number of nitrogens with zero attached hydrogens (tertiary/aromatic N) is 4. The summed E-state index contributed by atoms with van der Waals surface area (Å²) in [5.74, 6) is 0.658. The first kappa shape index (κ1) is 33.6. The molecule has 0 atom stereocenters. The van der Waals surface area contributed by atoms with E-state index < -0.39 is 0 Å². The van der Waals surface area contributed by atoms with Crippen LogP contribution in [0.25, 0.3) is 99.9 Å². The molecule has 11 aromatic rings. The minimum atomic E-state index is -0.158. The molecule has 0 saturated heterocycles. The Bertz CT molecular complexity index is 3460. The zero-order chi connectivity index (χ0) is 39.2. The lowest BCUT2D eigenvalue weighted by atomic mass is 9.81. The highest BCUT2D eigenvalue weighted by molar-refractivity contribution is 6.12. The monoisotopic (exact) mass is 754 g/mol. The fraction of sp³-hybridized carbons (Fsp3) is 0.0545. The van der Waals surface area contributed by atoms with Crippen molar-refractivity contribution in [2.24, 2.45) is 0 Å². The summed E-state index contributed by atoms with van der Waals surface area (Å²) in [5, 5.41) is 4.84. The van der Waals surface area contributed by atoms with Crippen molar-refractivity contribution < 1.29 is 0 Å². The zero-order valence-corrected chi connectivity index (χ0v) is 32.8. The van der Waals surface area contributed by atoms with Crippen LogP contribution in [0.1, 0.15) is 25.0 Å². The van der Waals surface area contributed by atoms with Gasteiger partial charge in [-0.05, 0) is 105 Å². The molecule has 0 radical (unpaired) electrons. The van der Waals surface area contributed by atoms with Gasteiger partial charge in [0.05, 0.1) is 27.8 Å². The van der Waals surface area contributed by atoms with E-state index in [2.05, 4.69) is 205 Å². The maximum Gasteiger partial charge on any atom is 0.235 e. The molecule has 8 aromatic carbocycles. The second-order valence-electron chi connectivity index (χ2n) is 16.3. The standard InChI is InChI=1S/C55H38N4/c1-55(2)47-32-37(35-13-5-3-6-14-35)21-25-41(47)42-26-23-39(33-48(42)55)49-29-30-56-54(57-49)59-51-20-12-10-18-44(51)46-31-36(24-28-52(46)59)38-22-27-45-43-17-9-11-19-50(43)58(53(45)34-38)40-15-7-4-8-16-40/h3-34H,1-2H3. The lowest BCUT2D eigenvalue weighted by Crippen LogP contribution is -2.15. The summed E-state index contributed by atoms with van der Waals surface area (Å²) < 4.78 is 4.60. The van der Waals surface area contributed by atoms with Crippen LogP contribution in [0.2, 0.25) is 0 Å². The molecule has 0 unspecified atom stereocenters. The van der Waals surface area contributed by atoms with Crippen molar-refractivity contribution in [3.63, 3.8) is 0 Å². The SMILES string of the molecule is CC1(C)c2cc(-c3ccccc3)ccc2-c2ccc(-c3ccnc(-n4c5ccccc5c5cc(-c6ccc7c8ccccc8n(-c8ccccc8)c7c6)ccc54)n3)cc21. The molecule has 1 aliphatic rings. The predicted molar refractivity (Wildman–Crippen MR) is 245 cm³/mol. The van der Waals surface area contributed by atoms with E-state index in [1.54, 1.807) is 0 Å². The maximum absolute atomic E-state index is 5.28. The maximum atomic E-state index is 5.28. The van der Waals surface area contributed by atoms with E-state index in [-0.39, 0.29) is 5.41 Å². The smallest absolute Gasteiger partial charge is 0.235 e. The summed E-state index contributed by atoms with van der Waals surface area (Å²) in [5.41, 5.74) is 17.6. The molecule has 1 aliphatic carbocycles. The Morgan fingerprint density at radius 1 is 0.390 bits per heavy atom. The average molecular weight is 755 g/mol. The number of benzene rings is 8. The van der Waals surface area contributed by atoms with E-state index in [1.165, 1.54) is 77.1 Å². The van der Waals surface area contributed by atoms with E-state index in [9.17, 15) is 0 Å². The fourth-order valence-electron chi connectivity index (χ4n) is 9.70. The molecule has 0 spiro atoms. The third-order valence-electron chi connectivity index (χ3n) is 12.6. The molecule has 0 fully saturated rings. The summed E-state index contributed by atoms with van der Waals surface area (Å²) in [4.78, 5) is 10.2. The molecule has 0 saturated carbocycles. The van der Waals surface area contributed by atoms with Crippen LogP contribution in [0, 0.1) is 0 Å². The Morgan fingerprint density at radius 2 is 0.932 bits per heavy atom. The van der Waals surface area contributed by atoms with E-state index in [1.807, 2.05) is 12.3 Å². The Balaban J connectivity index is 0.951. The van der Waals surface area contributed by atoms with Crippen molar-refractivity contribution in [2.45, 2.75) is 19.3 Å². The third-order valence-corrected chi connectivity index (χ3v) is 12.6. The first-order valence-corrected chi connectivity index (χ1v) is 20.3. The Morgan fingerprint density at radius 3 is 1.69 bits per heavy atom. The summed E-state index contributed by atoms with van der Waals surface area (Å²) >= 11 is 0. The quantitative estimate of drug-likeness (QED) is 0.175. The van der Waals surface area contributed by atoms with Gasteiger partial charge in [0.25, 0.3) is 0 Å². The highest BCUT2D eigenvalue weighted by Crippen LogP contribution is 2.50. The molecular formula is C55H38N4. The molecule has 4 nitrogen and oxygen atoms in total. The van der Waals surface area contributed by atoms with Gasteiger partial charge >= 0.3 is 0 Å². The van der Waals surface area contributed by atoms with Crippen molar-refractivity contribution in [3.05, 3.63) is 205 Å². The highest BCUT2D eigenvalue weighted by atomic mass is 15.2. The van der Waals surface area contributed by atoms with Crippen molar-refractivity contribution in [2.75, 3.05) is 0 Å². The first-order valence-electron chi connectivity index (χ1n) is 20.3. The van der Waals surface area contributed by atoms with Gasteiger partial charge in [-0.25, -0.2) is 9.97 Å². The number of hydrogen-bond acceptors (Lipinski definition) is 2. The minimum Gasteiger partial charge on any atom is -0.309 e. The van der Waals surface area contributed by atoms with Gasteiger partial charge in [0.2, 0.25) is 5.95 Å². The lowest BCUT2D eigenvalue weighted by Gasteiger charge is -2.22. The van der Waals surface area contributed by atoms with Gasteiger partial charge in [-0.1, -0.05) is 141 Å². The van der Waals surface area contributed by atoms with Gasteiger partial charge in [-0.2, -0.15) is 0 Å². The molecule has 0 bridgehead atoms. The summed E-state index contributed by atoms with van der Waals surface area (Å²) in [7, 11) is 0. The third kappa shape index (κ3) is 5.09. The van der Waals surface area contributed by atoms with E-state index in [0.717, 1.165) is 28.0 Å². The molecule has 3 heterocycles. The molecule has 59 heavy (non-hydrogen) atoms. The fourth-order valence-corrected chi connectivity index (χ4v) is 9.70. The van der Waals surface area contributed by atoms with Crippen LogP contribution < -0.4 is 0 Å². The van der Waals surface area contributed by atoms with Crippen molar-refractivity contribution in [1.29, 1.82) is 0 Å². The Kier molecular flexibility index (Phi) is 7.24. The number of fused-ring (bicyclic) bond motifs is 9. The van der Waals surface area contributed by atoms with Crippen molar-refractivity contribution in [1.82, 2.24) is 19.1 Å². The van der Waals surface area contributed by atoms with E-state index in [0.29, 0.717) is 5.95 Å². The van der Waals surface area contributed by atoms with Gasteiger partial charge in [-0.15, -0.1) is 0 Å². The van der Waals surface area contributed by atoms with E-state index in [4.69, 9.17) is 9.97 Å². The van der Waals surface area contributed by atoms with Gasteiger partial charge in [-0.3, -0.25) is 4.57 Å². The molecule has 12 rings (SSSR count). The van der Waals surface area contributed by atoms with Crippen LogP contribution in [0.3, 0.4) is 0 Å². The predicted octanol–water partition coefficient (Wildman–Crippen LogP) is 14.0. The largest absolute Gasteiger partial charge is 0.309 e. The highest BCUT2D eigenvalue weighted by Gasteiger charge is 2.36. The van der Waals surface area contributed by atoms with Crippen LogP contribution in [0.4, 0.5) is 0 Å². The first-order chi connectivity index (χ1) is 29.0. The average Bonchev–Trinajstić information content (AvgIpc) is 3.89. The van der Waals surface area contributed by atoms with Crippen molar-refractivity contribution >= 4 is 43.6 Å². The van der Waals surface area contributed by atoms with Crippen LogP contribution in [-0.4, -0.2) is 19.1 Å². The number of hydrogen-bond donors (Lipinski definition) is 0. The minimum absolute atomic E-state index is 0.158. The second-order valence-corrected chi connectivity index (χ2v) is 16.3. The van der Waals surface area contributed by atoms with Crippen LogP contribution >= 0.6 is 0 Å². The summed E-state index contributed by atoms with van der Waals surface area (Å²) in [6, 6.07) is 68.1. The van der Waals surface area contributed by atoms with Crippen LogP contribution in [0.5, 0.6) is 0 Å². The lowest BCUT2D eigenvalue weighted by molar-refractivity contribution is 0.661. The molecule has 278 valence electrons. The van der Waals surface area contributed by atoms with Gasteiger partial charge in [0.15, 0.2) is 0 Å². The molecular weight excluding hydrogens is 717 g/mol. The van der Waals surface area contributed by atoms with Crippen LogP contribution in [-0.2, 0) is 5.41 Å². The number of para-hydroxylation sites is 3. The number of rotatable bonds is 5. The molecule has 0 N–H and O–H groups in total. The van der Waals surface area contributed by atoms with Crippen molar-refractivity contribution in [3.8, 4) is 56.3 Å². The Hall–Kier alpha value is -7.56.